The minimum Gasteiger partial charge on any atom is -0.356 e. The zero-order chi connectivity index (χ0) is 19.7. The summed E-state index contributed by atoms with van der Waals surface area (Å²) in [5.74, 6) is 2.30. The molecular weight excluding hydrogens is 352 g/mol. The lowest BCUT2D eigenvalue weighted by Crippen LogP contribution is -2.38. The largest absolute Gasteiger partial charge is 0.356 e. The Hall–Kier alpha value is -2.57. The molecule has 7 heteroatoms. The van der Waals surface area contributed by atoms with Gasteiger partial charge in [-0.1, -0.05) is 0 Å². The zero-order valence-corrected chi connectivity index (χ0v) is 17.0. The van der Waals surface area contributed by atoms with Crippen molar-refractivity contribution in [3.8, 4) is 0 Å². The fraction of sp³-hybridized carbons (Fsp3) is 0.571. The molecule has 4 heterocycles. The van der Waals surface area contributed by atoms with Crippen LogP contribution in [0, 0.1) is 20.8 Å². The summed E-state index contributed by atoms with van der Waals surface area (Å²) in [5, 5.41) is 0. The summed E-state index contributed by atoms with van der Waals surface area (Å²) in [4.78, 5) is 35.1. The molecule has 2 aromatic heterocycles. The van der Waals surface area contributed by atoms with Crippen LogP contribution in [-0.2, 0) is 0 Å². The van der Waals surface area contributed by atoms with Crippen molar-refractivity contribution < 1.29 is 4.79 Å². The van der Waals surface area contributed by atoms with Crippen molar-refractivity contribution in [3.63, 3.8) is 0 Å². The third kappa shape index (κ3) is 3.70. The highest BCUT2D eigenvalue weighted by Gasteiger charge is 2.28. The molecule has 2 saturated heterocycles. The Morgan fingerprint density at radius 2 is 1.68 bits per heavy atom. The molecular formula is C21H28N6O. The van der Waals surface area contributed by atoms with Crippen LogP contribution in [0.4, 0.5) is 5.82 Å². The number of anilines is 1. The lowest BCUT2D eigenvalue weighted by molar-refractivity contribution is 0.0704. The maximum absolute atomic E-state index is 12.7. The molecule has 0 spiro atoms. The second-order valence-corrected chi connectivity index (χ2v) is 7.92. The Balaban J connectivity index is 1.46. The molecule has 0 aromatic carbocycles. The fourth-order valence-corrected chi connectivity index (χ4v) is 4.06. The first-order chi connectivity index (χ1) is 13.5. The molecule has 0 N–H and O–H groups in total. The number of nitrogens with zero attached hydrogens (tertiary/aromatic N) is 6. The Morgan fingerprint density at radius 1 is 0.964 bits per heavy atom. The molecule has 7 nitrogen and oxygen atoms in total. The van der Waals surface area contributed by atoms with Gasteiger partial charge in [0.25, 0.3) is 5.91 Å². The zero-order valence-electron chi connectivity index (χ0n) is 17.0. The van der Waals surface area contributed by atoms with Crippen molar-refractivity contribution in [2.45, 2.75) is 52.4 Å². The van der Waals surface area contributed by atoms with E-state index in [1.54, 1.807) is 12.4 Å². The molecule has 0 atom stereocenters. The topological polar surface area (TPSA) is 75.1 Å². The number of carbonyl (C=O) groups is 1. The summed E-state index contributed by atoms with van der Waals surface area (Å²) in [5.41, 5.74) is 3.50. The van der Waals surface area contributed by atoms with Crippen molar-refractivity contribution in [2.75, 3.05) is 31.1 Å². The van der Waals surface area contributed by atoms with Crippen LogP contribution in [0.3, 0.4) is 0 Å². The molecule has 2 aliphatic rings. The SMILES string of the molecule is Cc1cnc(C(=O)N2CCC(c3nc(C)c(C)c(N4CCCC4)n3)CC2)cn1. The number of aromatic nitrogens is 4. The maximum Gasteiger partial charge on any atom is 0.274 e. The van der Waals surface area contributed by atoms with Crippen molar-refractivity contribution in [2.24, 2.45) is 0 Å². The van der Waals surface area contributed by atoms with Gasteiger partial charge in [0.15, 0.2) is 0 Å². The smallest absolute Gasteiger partial charge is 0.274 e. The van der Waals surface area contributed by atoms with Gasteiger partial charge >= 0.3 is 0 Å². The number of hydrogen-bond donors (Lipinski definition) is 0. The summed E-state index contributed by atoms with van der Waals surface area (Å²) in [6.07, 6.45) is 7.45. The highest BCUT2D eigenvalue weighted by atomic mass is 16.2. The first-order valence-corrected chi connectivity index (χ1v) is 10.2. The van der Waals surface area contributed by atoms with Crippen LogP contribution in [0.1, 0.15) is 64.9 Å². The number of aryl methyl sites for hydroxylation is 2. The van der Waals surface area contributed by atoms with E-state index in [2.05, 4.69) is 28.7 Å². The molecule has 4 rings (SSSR count). The highest BCUT2D eigenvalue weighted by molar-refractivity contribution is 5.92. The van der Waals surface area contributed by atoms with E-state index < -0.39 is 0 Å². The maximum atomic E-state index is 12.7. The lowest BCUT2D eigenvalue weighted by Gasteiger charge is -2.31. The van der Waals surface area contributed by atoms with E-state index in [9.17, 15) is 4.79 Å². The van der Waals surface area contributed by atoms with Crippen LogP contribution in [0.5, 0.6) is 0 Å². The second-order valence-electron chi connectivity index (χ2n) is 7.92. The van der Waals surface area contributed by atoms with Gasteiger partial charge in [0.1, 0.15) is 17.3 Å². The Kier molecular flexibility index (Phi) is 5.24. The van der Waals surface area contributed by atoms with Gasteiger partial charge in [-0.15, -0.1) is 0 Å². The first-order valence-electron chi connectivity index (χ1n) is 10.2. The third-order valence-corrected chi connectivity index (χ3v) is 5.93. The van der Waals surface area contributed by atoms with Gasteiger partial charge < -0.3 is 9.80 Å². The summed E-state index contributed by atoms with van der Waals surface area (Å²) in [7, 11) is 0. The van der Waals surface area contributed by atoms with E-state index in [1.807, 2.05) is 11.8 Å². The van der Waals surface area contributed by atoms with Gasteiger partial charge in [-0.3, -0.25) is 9.78 Å². The predicted octanol–water partition coefficient (Wildman–Crippen LogP) is 2.81. The van der Waals surface area contributed by atoms with Gasteiger partial charge in [0.05, 0.1) is 11.9 Å². The molecule has 0 radical (unpaired) electrons. The van der Waals surface area contributed by atoms with Gasteiger partial charge in [0.2, 0.25) is 0 Å². The van der Waals surface area contributed by atoms with Crippen molar-refractivity contribution in [3.05, 3.63) is 40.9 Å². The quantitative estimate of drug-likeness (QED) is 0.815. The van der Waals surface area contributed by atoms with E-state index in [4.69, 9.17) is 9.97 Å². The summed E-state index contributed by atoms with van der Waals surface area (Å²) >= 11 is 0. The number of rotatable bonds is 3. The van der Waals surface area contributed by atoms with E-state index in [1.165, 1.54) is 18.4 Å². The van der Waals surface area contributed by atoms with Crippen LogP contribution >= 0.6 is 0 Å². The van der Waals surface area contributed by atoms with Gasteiger partial charge in [-0.25, -0.2) is 15.0 Å². The van der Waals surface area contributed by atoms with E-state index in [-0.39, 0.29) is 5.91 Å². The summed E-state index contributed by atoms with van der Waals surface area (Å²) < 4.78 is 0. The third-order valence-electron chi connectivity index (χ3n) is 5.93. The molecule has 28 heavy (non-hydrogen) atoms. The van der Waals surface area contributed by atoms with Crippen LogP contribution in [0.15, 0.2) is 12.4 Å². The first kappa shape index (κ1) is 18.8. The summed E-state index contributed by atoms with van der Waals surface area (Å²) in [6.45, 7) is 9.64. The molecule has 0 unspecified atom stereocenters. The fourth-order valence-electron chi connectivity index (χ4n) is 4.06. The Bertz CT molecular complexity index is 852. The number of likely N-dealkylation sites (tertiary alicyclic amines) is 1. The average Bonchev–Trinajstić information content (AvgIpc) is 3.25. The van der Waals surface area contributed by atoms with Crippen LogP contribution < -0.4 is 4.90 Å². The second kappa shape index (κ2) is 7.81. The van der Waals surface area contributed by atoms with Crippen LogP contribution in [-0.4, -0.2) is 56.9 Å². The molecule has 1 amide bonds. The molecule has 148 valence electrons. The minimum absolute atomic E-state index is 0.0373. The van der Waals surface area contributed by atoms with Crippen molar-refractivity contribution in [1.29, 1.82) is 0 Å². The minimum atomic E-state index is -0.0373. The van der Waals surface area contributed by atoms with Gasteiger partial charge in [-0.05, 0) is 46.5 Å². The molecule has 0 bridgehead atoms. The number of amides is 1. The van der Waals surface area contributed by atoms with Crippen molar-refractivity contribution in [1.82, 2.24) is 24.8 Å². The molecule has 0 aliphatic carbocycles. The number of hydrogen-bond acceptors (Lipinski definition) is 6. The standard InChI is InChI=1S/C21H28N6O/c1-14-12-23-18(13-22-14)21(28)27-10-6-17(7-11-27)19-24-16(3)15(2)20(25-19)26-8-4-5-9-26/h12-13,17H,4-11H2,1-3H3. The van der Waals surface area contributed by atoms with E-state index in [0.29, 0.717) is 24.7 Å². The molecule has 0 saturated carbocycles. The Labute approximate surface area is 166 Å². The summed E-state index contributed by atoms with van der Waals surface area (Å²) in [6, 6.07) is 0. The normalized spacial score (nSPS) is 18.0. The van der Waals surface area contributed by atoms with Crippen LogP contribution in [0.2, 0.25) is 0 Å². The molecule has 2 aliphatic heterocycles. The number of carbonyl (C=O) groups excluding carboxylic acids is 1. The molecule has 2 aromatic rings. The lowest BCUT2D eigenvalue weighted by atomic mass is 9.95. The molecule has 2 fully saturated rings. The highest BCUT2D eigenvalue weighted by Crippen LogP contribution is 2.30. The van der Waals surface area contributed by atoms with E-state index in [0.717, 1.165) is 49.0 Å². The Morgan fingerprint density at radius 3 is 2.32 bits per heavy atom. The van der Waals surface area contributed by atoms with E-state index >= 15 is 0 Å². The predicted molar refractivity (Wildman–Crippen MR) is 108 cm³/mol. The van der Waals surface area contributed by atoms with Crippen molar-refractivity contribution >= 4 is 11.7 Å². The van der Waals surface area contributed by atoms with Gasteiger partial charge in [0, 0.05) is 49.6 Å². The average molecular weight is 380 g/mol. The number of piperidine rings is 1. The van der Waals surface area contributed by atoms with Crippen LogP contribution in [0.25, 0.3) is 0 Å². The van der Waals surface area contributed by atoms with Gasteiger partial charge in [-0.2, -0.15) is 0 Å². The monoisotopic (exact) mass is 380 g/mol.